The second-order valence-electron chi connectivity index (χ2n) is 3.59. The van der Waals surface area contributed by atoms with E-state index in [0.29, 0.717) is 6.42 Å². The summed E-state index contributed by atoms with van der Waals surface area (Å²) in [6, 6.07) is 0. The normalized spacial score (nSPS) is 20.9. The molecular formula is C10H17NO2. The molecule has 0 fully saturated rings. The van der Waals surface area contributed by atoms with Crippen LogP contribution in [0.5, 0.6) is 0 Å². The topological polar surface area (TPSA) is 40.5 Å². The van der Waals surface area contributed by atoms with Crippen LogP contribution in [0.1, 0.15) is 19.8 Å². The molecule has 0 aromatic heterocycles. The third kappa shape index (κ3) is 2.56. The molecule has 0 aliphatic carbocycles. The van der Waals surface area contributed by atoms with Crippen molar-refractivity contribution in [2.75, 3.05) is 20.1 Å². The molecule has 0 radical (unpaired) electrons. The summed E-state index contributed by atoms with van der Waals surface area (Å²) < 4.78 is 0. The van der Waals surface area contributed by atoms with Gasteiger partial charge in [0.15, 0.2) is 0 Å². The number of nitrogens with zero attached hydrogens (tertiary/aromatic N) is 1. The Morgan fingerprint density at radius 3 is 2.85 bits per heavy atom. The molecule has 13 heavy (non-hydrogen) atoms. The molecule has 1 aliphatic heterocycles. The maximum atomic E-state index is 10.9. The molecule has 3 nitrogen and oxygen atoms in total. The molecule has 1 heterocycles. The van der Waals surface area contributed by atoms with Crippen molar-refractivity contribution >= 4 is 5.97 Å². The van der Waals surface area contributed by atoms with Crippen molar-refractivity contribution in [3.8, 4) is 0 Å². The Morgan fingerprint density at radius 1 is 1.77 bits per heavy atom. The maximum Gasteiger partial charge on any atom is 0.310 e. The average molecular weight is 183 g/mol. The molecule has 1 rings (SSSR count). The predicted octanol–water partition coefficient (Wildman–Crippen LogP) is 1.36. The van der Waals surface area contributed by atoms with E-state index in [1.165, 1.54) is 0 Å². The zero-order valence-corrected chi connectivity index (χ0v) is 8.29. The fraction of sp³-hybridized carbons (Fsp3) is 0.700. The third-order valence-corrected chi connectivity index (χ3v) is 2.60. The van der Waals surface area contributed by atoms with Crippen LogP contribution in [0.3, 0.4) is 0 Å². The number of hydrogen-bond acceptors (Lipinski definition) is 2. The van der Waals surface area contributed by atoms with Gasteiger partial charge < -0.3 is 10.0 Å². The van der Waals surface area contributed by atoms with Gasteiger partial charge in [0.2, 0.25) is 0 Å². The first kappa shape index (κ1) is 10.3. The van der Waals surface area contributed by atoms with E-state index in [9.17, 15) is 4.79 Å². The minimum Gasteiger partial charge on any atom is -0.481 e. The van der Waals surface area contributed by atoms with E-state index in [-0.39, 0.29) is 5.92 Å². The lowest BCUT2D eigenvalue weighted by Crippen LogP contribution is -2.28. The van der Waals surface area contributed by atoms with Crippen molar-refractivity contribution in [1.82, 2.24) is 4.90 Å². The van der Waals surface area contributed by atoms with Gasteiger partial charge in [0.05, 0.1) is 5.92 Å². The van der Waals surface area contributed by atoms with Crippen molar-refractivity contribution in [3.63, 3.8) is 0 Å². The summed E-state index contributed by atoms with van der Waals surface area (Å²) in [6.07, 6.45) is 3.66. The second kappa shape index (κ2) is 4.42. The minimum atomic E-state index is -0.682. The Kier molecular flexibility index (Phi) is 3.48. The quantitative estimate of drug-likeness (QED) is 0.672. The summed E-state index contributed by atoms with van der Waals surface area (Å²) in [5, 5.41) is 8.94. The number of carboxylic acids is 1. The maximum absolute atomic E-state index is 10.9. The van der Waals surface area contributed by atoms with Crippen LogP contribution in [0.25, 0.3) is 0 Å². The van der Waals surface area contributed by atoms with Crippen molar-refractivity contribution in [3.05, 3.63) is 11.6 Å². The van der Waals surface area contributed by atoms with Gasteiger partial charge in [0.1, 0.15) is 0 Å². The lowest BCUT2D eigenvalue weighted by Gasteiger charge is -2.24. The first-order valence-electron chi connectivity index (χ1n) is 4.75. The molecule has 0 bridgehead atoms. The van der Waals surface area contributed by atoms with E-state index in [2.05, 4.69) is 18.0 Å². The van der Waals surface area contributed by atoms with Gasteiger partial charge in [0.25, 0.3) is 0 Å². The summed E-state index contributed by atoms with van der Waals surface area (Å²) in [4.78, 5) is 13.0. The fourth-order valence-corrected chi connectivity index (χ4v) is 1.70. The molecule has 0 aromatic rings. The second-order valence-corrected chi connectivity index (χ2v) is 3.59. The monoisotopic (exact) mass is 183 g/mol. The molecule has 0 aromatic carbocycles. The Bertz CT molecular complexity index is 223. The molecule has 1 aliphatic rings. The number of carboxylic acid groups (broad SMARTS) is 1. The Morgan fingerprint density at radius 2 is 2.46 bits per heavy atom. The van der Waals surface area contributed by atoms with Gasteiger partial charge in [-0.25, -0.2) is 0 Å². The summed E-state index contributed by atoms with van der Waals surface area (Å²) in [5.74, 6) is -0.938. The van der Waals surface area contributed by atoms with Crippen LogP contribution < -0.4 is 0 Å². The number of hydrogen-bond donors (Lipinski definition) is 1. The van der Waals surface area contributed by atoms with E-state index in [1.54, 1.807) is 0 Å². The van der Waals surface area contributed by atoms with Crippen LogP contribution >= 0.6 is 0 Å². The molecule has 1 unspecified atom stereocenters. The van der Waals surface area contributed by atoms with Crippen LogP contribution in [0.15, 0.2) is 11.6 Å². The van der Waals surface area contributed by atoms with Crippen LogP contribution in [0.2, 0.25) is 0 Å². The SMILES string of the molecule is CCC(C(=O)O)C1=CCN(C)CC1. The summed E-state index contributed by atoms with van der Waals surface area (Å²) in [5.41, 5.74) is 1.10. The van der Waals surface area contributed by atoms with E-state index in [0.717, 1.165) is 25.1 Å². The number of aliphatic carboxylic acids is 1. The van der Waals surface area contributed by atoms with Crippen molar-refractivity contribution in [2.45, 2.75) is 19.8 Å². The first-order valence-corrected chi connectivity index (χ1v) is 4.75. The van der Waals surface area contributed by atoms with Gasteiger partial charge in [-0.05, 0) is 19.9 Å². The van der Waals surface area contributed by atoms with Crippen molar-refractivity contribution < 1.29 is 9.90 Å². The van der Waals surface area contributed by atoms with Gasteiger partial charge >= 0.3 is 5.97 Å². The molecule has 1 N–H and O–H groups in total. The van der Waals surface area contributed by atoms with Gasteiger partial charge in [0, 0.05) is 13.1 Å². The average Bonchev–Trinajstić information content (AvgIpc) is 2.09. The third-order valence-electron chi connectivity index (χ3n) is 2.60. The highest BCUT2D eigenvalue weighted by Crippen LogP contribution is 2.21. The highest BCUT2D eigenvalue weighted by molar-refractivity contribution is 5.73. The van der Waals surface area contributed by atoms with Crippen LogP contribution in [0.4, 0.5) is 0 Å². The minimum absolute atomic E-state index is 0.256. The molecule has 0 spiro atoms. The Labute approximate surface area is 79.0 Å². The van der Waals surface area contributed by atoms with Crippen molar-refractivity contribution in [1.29, 1.82) is 0 Å². The molecule has 0 amide bonds. The van der Waals surface area contributed by atoms with Gasteiger partial charge in [-0.15, -0.1) is 0 Å². The van der Waals surface area contributed by atoms with Crippen LogP contribution in [-0.2, 0) is 4.79 Å². The summed E-state index contributed by atoms with van der Waals surface area (Å²) in [6.45, 7) is 3.80. The van der Waals surface area contributed by atoms with E-state index in [1.807, 2.05) is 6.92 Å². The number of carbonyl (C=O) groups is 1. The van der Waals surface area contributed by atoms with Gasteiger partial charge in [-0.1, -0.05) is 18.6 Å². The Hall–Kier alpha value is -0.830. The largest absolute Gasteiger partial charge is 0.481 e. The standard InChI is InChI=1S/C10H17NO2/c1-3-9(10(12)13)8-4-6-11(2)7-5-8/h4,9H,3,5-7H2,1-2H3,(H,12,13). The zero-order chi connectivity index (χ0) is 9.84. The van der Waals surface area contributed by atoms with Gasteiger partial charge in [-0.2, -0.15) is 0 Å². The first-order chi connectivity index (χ1) is 6.15. The molecule has 3 heteroatoms. The lowest BCUT2D eigenvalue weighted by molar-refractivity contribution is -0.140. The molecule has 74 valence electrons. The lowest BCUT2D eigenvalue weighted by atomic mass is 9.92. The molecular weight excluding hydrogens is 166 g/mol. The molecule has 1 atom stereocenters. The predicted molar refractivity (Wildman–Crippen MR) is 51.6 cm³/mol. The highest BCUT2D eigenvalue weighted by atomic mass is 16.4. The zero-order valence-electron chi connectivity index (χ0n) is 8.29. The van der Waals surface area contributed by atoms with E-state index in [4.69, 9.17) is 5.11 Å². The van der Waals surface area contributed by atoms with E-state index >= 15 is 0 Å². The summed E-state index contributed by atoms with van der Waals surface area (Å²) in [7, 11) is 2.05. The van der Waals surface area contributed by atoms with E-state index < -0.39 is 5.97 Å². The van der Waals surface area contributed by atoms with Gasteiger partial charge in [-0.3, -0.25) is 4.79 Å². The van der Waals surface area contributed by atoms with Crippen molar-refractivity contribution in [2.24, 2.45) is 5.92 Å². The van der Waals surface area contributed by atoms with Crippen LogP contribution in [-0.4, -0.2) is 36.1 Å². The Balaban J connectivity index is 2.64. The highest BCUT2D eigenvalue weighted by Gasteiger charge is 2.21. The summed E-state index contributed by atoms with van der Waals surface area (Å²) >= 11 is 0. The number of likely N-dealkylation sites (N-methyl/N-ethyl adjacent to an activating group) is 1. The fourth-order valence-electron chi connectivity index (χ4n) is 1.70. The number of rotatable bonds is 3. The molecule has 0 saturated carbocycles. The smallest absolute Gasteiger partial charge is 0.310 e. The van der Waals surface area contributed by atoms with Crippen LogP contribution in [0, 0.1) is 5.92 Å². The molecule has 0 saturated heterocycles.